The summed E-state index contributed by atoms with van der Waals surface area (Å²) in [5, 5.41) is 15.6. The van der Waals surface area contributed by atoms with E-state index in [-0.39, 0.29) is 42.5 Å². The Bertz CT molecular complexity index is 384. The molecule has 4 nitrogen and oxygen atoms in total. The van der Waals surface area contributed by atoms with Crippen molar-refractivity contribution in [1.82, 2.24) is 10.6 Å². The molecular weight excluding hydrogens is 365 g/mol. The van der Waals surface area contributed by atoms with Crippen molar-refractivity contribution in [2.24, 2.45) is 10.9 Å². The first-order chi connectivity index (χ1) is 9.17. The number of hydrogen-bond acceptors (Lipinski definition) is 2. The maximum atomic E-state index is 9.03. The average molecular weight is 391 g/mol. The number of benzene rings is 1. The van der Waals surface area contributed by atoms with Crippen LogP contribution >= 0.6 is 24.0 Å². The number of aliphatic imine (C=N–C) groups is 1. The van der Waals surface area contributed by atoms with Crippen LogP contribution < -0.4 is 10.6 Å². The summed E-state index contributed by atoms with van der Waals surface area (Å²) in [6.45, 7) is 7.73. The molecule has 3 N–H and O–H groups in total. The lowest BCUT2D eigenvalue weighted by atomic mass is 10.1. The number of guanidine groups is 1. The van der Waals surface area contributed by atoms with Crippen molar-refractivity contribution in [2.45, 2.75) is 26.8 Å². The molecule has 1 rings (SSSR count). The Morgan fingerprint density at radius 1 is 1.25 bits per heavy atom. The molecule has 2 unspecified atom stereocenters. The van der Waals surface area contributed by atoms with Crippen LogP contribution in [-0.2, 0) is 0 Å². The third-order valence-corrected chi connectivity index (χ3v) is 2.87. The second kappa shape index (κ2) is 10.9. The molecule has 5 heteroatoms. The molecule has 114 valence electrons. The molecular formula is C15H26IN3O. The number of rotatable bonds is 6. The molecule has 0 saturated heterocycles. The number of nitrogens with zero attached hydrogens (tertiary/aromatic N) is 1. The van der Waals surface area contributed by atoms with Gasteiger partial charge in [-0.3, -0.25) is 4.99 Å². The highest BCUT2D eigenvalue weighted by Crippen LogP contribution is 2.10. The summed E-state index contributed by atoms with van der Waals surface area (Å²) in [5.41, 5.74) is 1.23. The average Bonchev–Trinajstić information content (AvgIpc) is 2.45. The molecule has 0 fully saturated rings. The van der Waals surface area contributed by atoms with Crippen LogP contribution in [0.5, 0.6) is 0 Å². The van der Waals surface area contributed by atoms with Crippen molar-refractivity contribution in [3.8, 4) is 0 Å². The molecule has 0 spiro atoms. The molecule has 0 amide bonds. The lowest BCUT2D eigenvalue weighted by molar-refractivity contribution is 0.241. The van der Waals surface area contributed by atoms with Crippen LogP contribution in [0.3, 0.4) is 0 Å². The predicted octanol–water partition coefficient (Wildman–Crippen LogP) is 2.55. The van der Waals surface area contributed by atoms with Gasteiger partial charge in [-0.2, -0.15) is 0 Å². The molecule has 1 aromatic carbocycles. The first-order valence-electron chi connectivity index (χ1n) is 6.88. The highest BCUT2D eigenvalue weighted by atomic mass is 127. The van der Waals surface area contributed by atoms with Crippen molar-refractivity contribution in [2.75, 3.05) is 19.7 Å². The molecule has 0 saturated carbocycles. The fourth-order valence-corrected chi connectivity index (χ4v) is 1.66. The van der Waals surface area contributed by atoms with E-state index in [1.54, 1.807) is 0 Å². The van der Waals surface area contributed by atoms with E-state index >= 15 is 0 Å². The monoisotopic (exact) mass is 391 g/mol. The summed E-state index contributed by atoms with van der Waals surface area (Å²) in [6, 6.07) is 10.5. The van der Waals surface area contributed by atoms with Crippen molar-refractivity contribution in [3.63, 3.8) is 0 Å². The van der Waals surface area contributed by atoms with Crippen LogP contribution in [0.2, 0.25) is 0 Å². The van der Waals surface area contributed by atoms with E-state index in [0.717, 1.165) is 12.5 Å². The summed E-state index contributed by atoms with van der Waals surface area (Å²) < 4.78 is 0. The van der Waals surface area contributed by atoms with E-state index in [0.29, 0.717) is 6.54 Å². The molecule has 0 aromatic heterocycles. The van der Waals surface area contributed by atoms with Gasteiger partial charge in [0, 0.05) is 19.7 Å². The fraction of sp³-hybridized carbons (Fsp3) is 0.533. The Kier molecular flexibility index (Phi) is 10.5. The largest absolute Gasteiger partial charge is 0.396 e. The maximum absolute atomic E-state index is 9.03. The quantitative estimate of drug-likeness (QED) is 0.397. The highest BCUT2D eigenvalue weighted by Gasteiger charge is 2.07. The molecule has 0 aliphatic carbocycles. The summed E-state index contributed by atoms with van der Waals surface area (Å²) in [4.78, 5) is 4.48. The summed E-state index contributed by atoms with van der Waals surface area (Å²) in [6.07, 6.45) is 0. The lowest BCUT2D eigenvalue weighted by Crippen LogP contribution is -2.39. The van der Waals surface area contributed by atoms with E-state index in [1.807, 2.05) is 32.0 Å². The first-order valence-corrected chi connectivity index (χ1v) is 6.88. The second-order valence-corrected chi connectivity index (χ2v) is 4.78. The van der Waals surface area contributed by atoms with Gasteiger partial charge in [0.25, 0.3) is 0 Å². The number of hydrogen-bond donors (Lipinski definition) is 3. The van der Waals surface area contributed by atoms with Crippen LogP contribution in [0.15, 0.2) is 35.3 Å². The van der Waals surface area contributed by atoms with Gasteiger partial charge in [0.2, 0.25) is 0 Å². The van der Waals surface area contributed by atoms with E-state index in [9.17, 15) is 0 Å². The Labute approximate surface area is 139 Å². The van der Waals surface area contributed by atoms with Gasteiger partial charge in [0.05, 0.1) is 6.04 Å². The molecule has 2 atom stereocenters. The Balaban J connectivity index is 0.00000361. The Morgan fingerprint density at radius 3 is 2.45 bits per heavy atom. The highest BCUT2D eigenvalue weighted by molar-refractivity contribution is 14.0. The summed E-state index contributed by atoms with van der Waals surface area (Å²) in [7, 11) is 0. The van der Waals surface area contributed by atoms with Gasteiger partial charge < -0.3 is 15.7 Å². The third-order valence-electron chi connectivity index (χ3n) is 2.87. The molecule has 0 radical (unpaired) electrons. The van der Waals surface area contributed by atoms with Gasteiger partial charge in [0.15, 0.2) is 5.96 Å². The van der Waals surface area contributed by atoms with E-state index in [2.05, 4.69) is 34.7 Å². The zero-order valence-corrected chi connectivity index (χ0v) is 14.8. The molecule has 0 heterocycles. The molecule has 0 aliphatic heterocycles. The van der Waals surface area contributed by atoms with Gasteiger partial charge in [-0.1, -0.05) is 37.3 Å². The second-order valence-electron chi connectivity index (χ2n) is 4.78. The van der Waals surface area contributed by atoms with Crippen molar-refractivity contribution in [3.05, 3.63) is 35.9 Å². The number of nitrogens with one attached hydrogen (secondary N) is 2. The van der Waals surface area contributed by atoms with E-state index in [1.165, 1.54) is 5.56 Å². The molecule has 20 heavy (non-hydrogen) atoms. The number of aliphatic hydroxyl groups excluding tert-OH is 1. The van der Waals surface area contributed by atoms with Gasteiger partial charge in [-0.05, 0) is 25.3 Å². The zero-order valence-electron chi connectivity index (χ0n) is 12.5. The predicted molar refractivity (Wildman–Crippen MR) is 95.6 cm³/mol. The zero-order chi connectivity index (χ0) is 14.1. The van der Waals surface area contributed by atoms with E-state index in [4.69, 9.17) is 5.11 Å². The minimum atomic E-state index is 0. The summed E-state index contributed by atoms with van der Waals surface area (Å²) in [5.74, 6) is 0.974. The van der Waals surface area contributed by atoms with Gasteiger partial charge in [-0.15, -0.1) is 24.0 Å². The lowest BCUT2D eigenvalue weighted by Gasteiger charge is -2.18. The maximum Gasteiger partial charge on any atom is 0.191 e. The number of aliphatic hydroxyl groups is 1. The minimum absolute atomic E-state index is 0. The van der Waals surface area contributed by atoms with Gasteiger partial charge in [-0.25, -0.2) is 0 Å². The minimum Gasteiger partial charge on any atom is -0.396 e. The normalized spacial score (nSPS) is 14.1. The topological polar surface area (TPSA) is 56.7 Å². The van der Waals surface area contributed by atoms with Crippen LogP contribution in [0.25, 0.3) is 0 Å². The first kappa shape index (κ1) is 19.2. The Hall–Kier alpha value is -0.820. The molecule has 0 aliphatic rings. The van der Waals surface area contributed by atoms with Crippen molar-refractivity contribution < 1.29 is 5.11 Å². The number of halogens is 1. The molecule has 1 aromatic rings. The van der Waals surface area contributed by atoms with Crippen LogP contribution in [0, 0.1) is 5.92 Å². The van der Waals surface area contributed by atoms with Crippen LogP contribution in [-0.4, -0.2) is 30.8 Å². The van der Waals surface area contributed by atoms with Crippen LogP contribution in [0.1, 0.15) is 32.4 Å². The standard InChI is InChI=1S/C15H25N3O.HI/c1-4-16-15(17-10-12(2)11-19)18-13(3)14-8-6-5-7-9-14;/h5-9,12-13,19H,4,10-11H2,1-3H3,(H2,16,17,18);1H. The Morgan fingerprint density at radius 2 is 1.90 bits per heavy atom. The van der Waals surface area contributed by atoms with Crippen molar-refractivity contribution >= 4 is 29.9 Å². The SMILES string of the molecule is CCNC(=NCC(C)CO)NC(C)c1ccccc1.I. The fourth-order valence-electron chi connectivity index (χ4n) is 1.66. The summed E-state index contributed by atoms with van der Waals surface area (Å²) >= 11 is 0. The van der Waals surface area contributed by atoms with E-state index < -0.39 is 0 Å². The smallest absolute Gasteiger partial charge is 0.191 e. The van der Waals surface area contributed by atoms with Gasteiger partial charge in [0.1, 0.15) is 0 Å². The van der Waals surface area contributed by atoms with Crippen LogP contribution in [0.4, 0.5) is 0 Å². The molecule has 0 bridgehead atoms. The van der Waals surface area contributed by atoms with Gasteiger partial charge >= 0.3 is 0 Å². The third kappa shape index (κ3) is 7.09. The van der Waals surface area contributed by atoms with Crippen molar-refractivity contribution in [1.29, 1.82) is 0 Å².